The molecule has 228 valence electrons. The largest absolute Gasteiger partial charge is 0.464 e. The molecule has 0 aliphatic rings. The summed E-state index contributed by atoms with van der Waals surface area (Å²) in [5.41, 5.74) is 11.0. The molecular weight excluding hydrogens is 599 g/mol. The van der Waals surface area contributed by atoms with Gasteiger partial charge in [-0.3, -0.25) is 0 Å². The van der Waals surface area contributed by atoms with E-state index in [0.29, 0.717) is 0 Å². The third-order valence-electron chi connectivity index (χ3n) is 10.2. The van der Waals surface area contributed by atoms with Gasteiger partial charge in [-0.1, -0.05) is 103 Å². The first-order chi connectivity index (χ1) is 24.3. The van der Waals surface area contributed by atoms with Gasteiger partial charge in [-0.15, -0.1) is 0 Å². The second-order valence-corrected chi connectivity index (χ2v) is 12.9. The maximum absolute atomic E-state index is 6.33. The zero-order valence-electron chi connectivity index (χ0n) is 26.4. The molecule has 11 rings (SSSR count). The van der Waals surface area contributed by atoms with Crippen LogP contribution in [0.5, 0.6) is 0 Å². The Morgan fingerprint density at radius 1 is 0.367 bits per heavy atom. The Labute approximate surface area is 280 Å². The number of furan rings is 2. The predicted octanol–water partition coefficient (Wildman–Crippen LogP) is 13.1. The first kappa shape index (κ1) is 26.5. The van der Waals surface area contributed by atoms with Crippen molar-refractivity contribution in [2.45, 2.75) is 0 Å². The smallest absolute Gasteiger partial charge is 0.136 e. The van der Waals surface area contributed by atoms with Gasteiger partial charge in [0.2, 0.25) is 0 Å². The van der Waals surface area contributed by atoms with Gasteiger partial charge in [0.15, 0.2) is 0 Å². The molecule has 0 aliphatic heterocycles. The Morgan fingerprint density at radius 2 is 0.959 bits per heavy atom. The van der Waals surface area contributed by atoms with Crippen LogP contribution in [-0.4, -0.2) is 4.57 Å². The van der Waals surface area contributed by atoms with E-state index in [2.05, 4.69) is 156 Å². The number of aromatic nitrogens is 1. The molecule has 11 aromatic rings. The minimum atomic E-state index is 0.865. The summed E-state index contributed by atoms with van der Waals surface area (Å²) in [6, 6.07) is 56.8. The fourth-order valence-electron chi connectivity index (χ4n) is 8.12. The molecule has 0 amide bonds. The third kappa shape index (κ3) is 3.78. The maximum Gasteiger partial charge on any atom is 0.136 e. The highest BCUT2D eigenvalue weighted by atomic mass is 16.3. The van der Waals surface area contributed by atoms with Gasteiger partial charge in [-0.2, -0.15) is 0 Å². The van der Waals surface area contributed by atoms with E-state index in [4.69, 9.17) is 8.83 Å². The molecule has 3 nitrogen and oxygen atoms in total. The first-order valence-corrected chi connectivity index (χ1v) is 16.7. The van der Waals surface area contributed by atoms with Crippen molar-refractivity contribution >= 4 is 76.3 Å². The molecule has 0 atom stereocenters. The van der Waals surface area contributed by atoms with Crippen molar-refractivity contribution in [3.8, 4) is 27.9 Å². The molecule has 0 saturated carbocycles. The molecule has 0 radical (unpaired) electrons. The summed E-state index contributed by atoms with van der Waals surface area (Å²) in [4.78, 5) is 0. The van der Waals surface area contributed by atoms with Crippen LogP contribution in [0.25, 0.3) is 104 Å². The SMILES string of the molecule is c1ccc(-n2c3ccccc3c3ccc(-c4c5ccccc5c(-c5ccc6oc7cc8ccoc8cc7c6c5)c5ccccc45)cc32)cc1. The fraction of sp³-hybridized carbons (Fsp3) is 0. The van der Waals surface area contributed by atoms with E-state index in [-0.39, 0.29) is 0 Å². The van der Waals surface area contributed by atoms with Gasteiger partial charge in [-0.05, 0) is 98.4 Å². The molecular formula is C46H27NO2. The summed E-state index contributed by atoms with van der Waals surface area (Å²) in [5, 5.41) is 10.6. The molecule has 0 aliphatic carbocycles. The summed E-state index contributed by atoms with van der Waals surface area (Å²) in [6.45, 7) is 0. The van der Waals surface area contributed by atoms with E-state index in [1.807, 2.05) is 6.07 Å². The molecule has 3 heteroatoms. The third-order valence-corrected chi connectivity index (χ3v) is 10.2. The number of benzene rings is 8. The molecule has 3 heterocycles. The normalized spacial score (nSPS) is 12.1. The second kappa shape index (κ2) is 9.96. The van der Waals surface area contributed by atoms with Gasteiger partial charge >= 0.3 is 0 Å². The number of nitrogens with zero attached hydrogens (tertiary/aromatic N) is 1. The van der Waals surface area contributed by atoms with Crippen molar-refractivity contribution in [1.29, 1.82) is 0 Å². The van der Waals surface area contributed by atoms with E-state index in [1.54, 1.807) is 6.26 Å². The van der Waals surface area contributed by atoms with Crippen LogP contribution < -0.4 is 0 Å². The summed E-state index contributed by atoms with van der Waals surface area (Å²) >= 11 is 0. The Kier molecular flexibility index (Phi) is 5.38. The summed E-state index contributed by atoms with van der Waals surface area (Å²) in [7, 11) is 0. The average Bonchev–Trinajstić information content (AvgIpc) is 3.86. The highest BCUT2D eigenvalue weighted by Crippen LogP contribution is 2.46. The van der Waals surface area contributed by atoms with E-state index >= 15 is 0 Å². The maximum atomic E-state index is 6.33. The van der Waals surface area contributed by atoms with Crippen molar-refractivity contribution in [1.82, 2.24) is 4.57 Å². The van der Waals surface area contributed by atoms with Gasteiger partial charge in [0.05, 0.1) is 17.3 Å². The quantitative estimate of drug-likeness (QED) is 0.183. The van der Waals surface area contributed by atoms with Crippen molar-refractivity contribution in [3.05, 3.63) is 164 Å². The zero-order valence-corrected chi connectivity index (χ0v) is 26.4. The Bertz CT molecular complexity index is 3050. The van der Waals surface area contributed by atoms with E-state index in [0.717, 1.165) is 44.2 Å². The number of hydrogen-bond acceptors (Lipinski definition) is 2. The number of para-hydroxylation sites is 2. The van der Waals surface area contributed by atoms with E-state index in [1.165, 1.54) is 60.0 Å². The van der Waals surface area contributed by atoms with E-state index < -0.39 is 0 Å². The van der Waals surface area contributed by atoms with Crippen molar-refractivity contribution in [2.24, 2.45) is 0 Å². The van der Waals surface area contributed by atoms with Crippen molar-refractivity contribution in [3.63, 3.8) is 0 Å². The van der Waals surface area contributed by atoms with Crippen LogP contribution in [0.15, 0.2) is 173 Å². The van der Waals surface area contributed by atoms with Gasteiger partial charge in [0, 0.05) is 32.6 Å². The Hall–Kier alpha value is -6.58. The summed E-state index contributed by atoms with van der Waals surface area (Å²) in [6.07, 6.45) is 1.73. The van der Waals surface area contributed by atoms with Crippen molar-refractivity contribution in [2.75, 3.05) is 0 Å². The highest BCUT2D eigenvalue weighted by molar-refractivity contribution is 6.23. The molecule has 0 spiro atoms. The minimum Gasteiger partial charge on any atom is -0.464 e. The van der Waals surface area contributed by atoms with Gasteiger partial charge < -0.3 is 13.4 Å². The lowest BCUT2D eigenvalue weighted by molar-refractivity contribution is 0.616. The molecule has 3 aromatic heterocycles. The lowest BCUT2D eigenvalue weighted by Gasteiger charge is -2.18. The Balaban J connectivity index is 1.20. The van der Waals surface area contributed by atoms with Crippen LogP contribution in [0, 0.1) is 0 Å². The molecule has 0 saturated heterocycles. The number of rotatable bonds is 3. The first-order valence-electron chi connectivity index (χ1n) is 16.7. The van der Waals surface area contributed by atoms with Gasteiger partial charge in [0.25, 0.3) is 0 Å². The lowest BCUT2D eigenvalue weighted by Crippen LogP contribution is -1.94. The molecule has 8 aromatic carbocycles. The molecule has 0 N–H and O–H groups in total. The zero-order chi connectivity index (χ0) is 32.1. The van der Waals surface area contributed by atoms with Crippen LogP contribution in [0.3, 0.4) is 0 Å². The van der Waals surface area contributed by atoms with Crippen LogP contribution in [0.4, 0.5) is 0 Å². The molecule has 0 bridgehead atoms. The fourth-order valence-corrected chi connectivity index (χ4v) is 8.12. The summed E-state index contributed by atoms with van der Waals surface area (Å²) < 4.78 is 14.5. The monoisotopic (exact) mass is 625 g/mol. The summed E-state index contributed by atoms with van der Waals surface area (Å²) in [5.74, 6) is 0. The van der Waals surface area contributed by atoms with E-state index in [9.17, 15) is 0 Å². The second-order valence-electron chi connectivity index (χ2n) is 12.9. The minimum absolute atomic E-state index is 0.865. The van der Waals surface area contributed by atoms with Gasteiger partial charge in [-0.25, -0.2) is 0 Å². The van der Waals surface area contributed by atoms with Crippen molar-refractivity contribution < 1.29 is 8.83 Å². The standard InChI is InChI=1S/C46H27NO2/c1-2-10-31(11-3-1)47-40-17-9-8-12-32(40)33-20-18-30(25-41(33)47)46-36-15-6-4-13-34(36)45(35-14-5-7-16-37(35)46)29-19-21-42-38(24-29)39-27-43-28(22-23-48-43)26-44(39)49-42/h1-27H. The molecule has 0 fully saturated rings. The van der Waals surface area contributed by atoms with Crippen LogP contribution in [-0.2, 0) is 0 Å². The Morgan fingerprint density at radius 3 is 1.69 bits per heavy atom. The lowest BCUT2D eigenvalue weighted by atomic mass is 9.85. The average molecular weight is 626 g/mol. The van der Waals surface area contributed by atoms with Crippen LogP contribution in [0.2, 0.25) is 0 Å². The highest BCUT2D eigenvalue weighted by Gasteiger charge is 2.20. The topological polar surface area (TPSA) is 31.2 Å². The van der Waals surface area contributed by atoms with Crippen LogP contribution >= 0.6 is 0 Å². The molecule has 49 heavy (non-hydrogen) atoms. The number of fused-ring (bicyclic) bond motifs is 9. The van der Waals surface area contributed by atoms with Gasteiger partial charge in [0.1, 0.15) is 16.7 Å². The predicted molar refractivity (Wildman–Crippen MR) is 204 cm³/mol. The molecule has 0 unspecified atom stereocenters. The van der Waals surface area contributed by atoms with Crippen LogP contribution in [0.1, 0.15) is 0 Å². The number of hydrogen-bond donors (Lipinski definition) is 0.